The number of benzene rings is 2. The van der Waals surface area contributed by atoms with E-state index in [4.69, 9.17) is 4.52 Å². The lowest BCUT2D eigenvalue weighted by atomic mass is 9.99. The summed E-state index contributed by atoms with van der Waals surface area (Å²) in [5, 5.41) is 6.01. The Bertz CT molecular complexity index is 1120. The van der Waals surface area contributed by atoms with Crippen LogP contribution in [0.2, 0.25) is 0 Å². The minimum absolute atomic E-state index is 0.0262. The molecule has 2 aliphatic heterocycles. The molecule has 2 unspecified atom stereocenters. The first-order valence-electron chi connectivity index (χ1n) is 10.6. The number of hydrogen-bond acceptors (Lipinski definition) is 6. The predicted molar refractivity (Wildman–Crippen MR) is 116 cm³/mol. The Kier molecular flexibility index (Phi) is 5.03. The lowest BCUT2D eigenvalue weighted by Crippen LogP contribution is -2.47. The van der Waals surface area contributed by atoms with Gasteiger partial charge >= 0.3 is 0 Å². The van der Waals surface area contributed by atoms with Crippen molar-refractivity contribution in [1.82, 2.24) is 25.5 Å². The van der Waals surface area contributed by atoms with Gasteiger partial charge in [-0.05, 0) is 36.5 Å². The summed E-state index contributed by atoms with van der Waals surface area (Å²) in [5.41, 5.74) is 7.96. The number of amides is 1. The number of hydrogen-bond donors (Lipinski definition) is 1. The average molecular weight is 415 g/mol. The number of hydrazine groups is 1. The SMILES string of the molecule is CCc1ccc(C2CC3C(=O)N(Cc4nc(-c5ccccc5C)no4)C=CN3N2)cc1. The molecule has 2 atom stereocenters. The van der Waals surface area contributed by atoms with Crippen LogP contribution in [0.3, 0.4) is 0 Å². The summed E-state index contributed by atoms with van der Waals surface area (Å²) in [5.74, 6) is 0.988. The summed E-state index contributed by atoms with van der Waals surface area (Å²) >= 11 is 0. The van der Waals surface area contributed by atoms with Gasteiger partial charge in [0.25, 0.3) is 5.91 Å². The molecule has 1 fully saturated rings. The van der Waals surface area contributed by atoms with E-state index in [2.05, 4.69) is 46.8 Å². The van der Waals surface area contributed by atoms with Gasteiger partial charge in [-0.25, -0.2) is 5.43 Å². The van der Waals surface area contributed by atoms with Gasteiger partial charge in [-0.2, -0.15) is 4.98 Å². The minimum atomic E-state index is -0.250. The number of fused-ring (bicyclic) bond motifs is 1. The average Bonchev–Trinajstić information content (AvgIpc) is 3.44. The summed E-state index contributed by atoms with van der Waals surface area (Å²) in [6.45, 7) is 4.42. The maximum absolute atomic E-state index is 13.1. The molecule has 7 heteroatoms. The van der Waals surface area contributed by atoms with Gasteiger partial charge in [-0.3, -0.25) is 4.79 Å². The molecule has 1 saturated heterocycles. The highest BCUT2D eigenvalue weighted by molar-refractivity contribution is 5.84. The van der Waals surface area contributed by atoms with Crippen molar-refractivity contribution in [2.75, 3.05) is 0 Å². The summed E-state index contributed by atoms with van der Waals surface area (Å²) in [7, 11) is 0. The molecule has 1 aromatic heterocycles. The number of carbonyl (C=O) groups is 1. The standard InChI is InChI=1S/C24H25N5O2/c1-3-17-8-10-18(11-9-17)20-14-21-24(30)28(12-13-29(21)26-20)15-22-25-23(27-31-22)19-7-5-4-6-16(19)2/h4-13,20-21,26H,3,14-15H2,1-2H3. The Morgan fingerprint density at radius 1 is 1.13 bits per heavy atom. The largest absolute Gasteiger partial charge is 0.337 e. The Morgan fingerprint density at radius 2 is 1.94 bits per heavy atom. The van der Waals surface area contributed by atoms with Crippen LogP contribution in [0.4, 0.5) is 0 Å². The van der Waals surface area contributed by atoms with E-state index in [-0.39, 0.29) is 24.5 Å². The number of aryl methyl sites for hydroxylation is 2. The molecule has 7 nitrogen and oxygen atoms in total. The van der Waals surface area contributed by atoms with Crippen molar-refractivity contribution in [2.45, 2.75) is 45.3 Å². The first-order valence-corrected chi connectivity index (χ1v) is 10.6. The van der Waals surface area contributed by atoms with Crippen LogP contribution in [0.25, 0.3) is 11.4 Å². The minimum Gasteiger partial charge on any atom is -0.337 e. The van der Waals surface area contributed by atoms with Gasteiger partial charge in [0.2, 0.25) is 11.7 Å². The highest BCUT2D eigenvalue weighted by Crippen LogP contribution is 2.31. The first kappa shape index (κ1) is 19.5. The van der Waals surface area contributed by atoms with Crippen molar-refractivity contribution in [3.05, 3.63) is 83.5 Å². The zero-order valence-corrected chi connectivity index (χ0v) is 17.7. The van der Waals surface area contributed by atoms with Crippen LogP contribution in [0.1, 0.15) is 42.0 Å². The molecule has 1 amide bonds. The fourth-order valence-corrected chi connectivity index (χ4v) is 4.17. The second kappa shape index (κ2) is 8.00. The monoisotopic (exact) mass is 415 g/mol. The van der Waals surface area contributed by atoms with Crippen molar-refractivity contribution in [3.63, 3.8) is 0 Å². The van der Waals surface area contributed by atoms with E-state index in [9.17, 15) is 4.79 Å². The lowest BCUT2D eigenvalue weighted by molar-refractivity contribution is -0.135. The third-order valence-corrected chi connectivity index (χ3v) is 6.03. The van der Waals surface area contributed by atoms with Crippen molar-refractivity contribution >= 4 is 5.91 Å². The van der Waals surface area contributed by atoms with Gasteiger partial charge in [-0.1, -0.05) is 60.6 Å². The van der Waals surface area contributed by atoms with Crippen molar-refractivity contribution in [3.8, 4) is 11.4 Å². The van der Waals surface area contributed by atoms with Gasteiger partial charge in [-0.15, -0.1) is 0 Å². The number of rotatable bonds is 5. The van der Waals surface area contributed by atoms with Gasteiger partial charge in [0.15, 0.2) is 0 Å². The molecule has 0 aliphatic carbocycles. The van der Waals surface area contributed by atoms with Gasteiger partial charge in [0.1, 0.15) is 12.6 Å². The van der Waals surface area contributed by atoms with Crippen molar-refractivity contribution in [2.24, 2.45) is 0 Å². The fourth-order valence-electron chi connectivity index (χ4n) is 4.17. The molecule has 0 bridgehead atoms. The molecule has 0 spiro atoms. The first-order chi connectivity index (χ1) is 15.1. The fraction of sp³-hybridized carbons (Fsp3) is 0.292. The molecule has 31 heavy (non-hydrogen) atoms. The summed E-state index contributed by atoms with van der Waals surface area (Å²) in [4.78, 5) is 19.3. The second-order valence-electron chi connectivity index (χ2n) is 8.03. The van der Waals surface area contributed by atoms with Crippen LogP contribution in [0.5, 0.6) is 0 Å². The van der Waals surface area contributed by atoms with Crippen LogP contribution >= 0.6 is 0 Å². The van der Waals surface area contributed by atoms with Gasteiger partial charge in [0.05, 0.1) is 6.04 Å². The van der Waals surface area contributed by atoms with Crippen LogP contribution in [-0.2, 0) is 17.8 Å². The third-order valence-electron chi connectivity index (χ3n) is 6.03. The summed E-state index contributed by atoms with van der Waals surface area (Å²) < 4.78 is 5.43. The quantitative estimate of drug-likeness (QED) is 0.684. The number of nitrogens with zero attached hydrogens (tertiary/aromatic N) is 4. The molecule has 0 saturated carbocycles. The third kappa shape index (κ3) is 3.72. The second-order valence-corrected chi connectivity index (χ2v) is 8.03. The number of nitrogens with one attached hydrogen (secondary N) is 1. The summed E-state index contributed by atoms with van der Waals surface area (Å²) in [6.07, 6.45) is 5.41. The number of aromatic nitrogens is 2. The zero-order valence-electron chi connectivity index (χ0n) is 17.7. The molecule has 5 rings (SSSR count). The highest BCUT2D eigenvalue weighted by Gasteiger charge is 2.40. The van der Waals surface area contributed by atoms with E-state index in [1.54, 1.807) is 11.1 Å². The normalized spacial score (nSPS) is 20.4. The Hall–Kier alpha value is -3.45. The topological polar surface area (TPSA) is 74.5 Å². The van der Waals surface area contributed by atoms with E-state index in [1.807, 2.05) is 42.4 Å². The van der Waals surface area contributed by atoms with E-state index in [0.29, 0.717) is 18.1 Å². The highest BCUT2D eigenvalue weighted by atomic mass is 16.5. The van der Waals surface area contributed by atoms with Crippen LogP contribution in [0.15, 0.2) is 65.5 Å². The molecule has 2 aromatic carbocycles. The van der Waals surface area contributed by atoms with E-state index >= 15 is 0 Å². The molecule has 1 N–H and O–H groups in total. The molecular formula is C24H25N5O2. The van der Waals surface area contributed by atoms with Gasteiger partial charge in [0, 0.05) is 18.0 Å². The number of carbonyl (C=O) groups excluding carboxylic acids is 1. The molecule has 0 radical (unpaired) electrons. The molecule has 3 heterocycles. The van der Waals surface area contributed by atoms with E-state index < -0.39 is 0 Å². The van der Waals surface area contributed by atoms with Gasteiger partial charge < -0.3 is 14.4 Å². The predicted octanol–water partition coefficient (Wildman–Crippen LogP) is 3.74. The molecule has 3 aromatic rings. The van der Waals surface area contributed by atoms with Crippen molar-refractivity contribution < 1.29 is 9.32 Å². The Balaban J connectivity index is 1.28. The smallest absolute Gasteiger partial charge is 0.251 e. The van der Waals surface area contributed by atoms with Crippen LogP contribution < -0.4 is 5.43 Å². The summed E-state index contributed by atoms with van der Waals surface area (Å²) in [6, 6.07) is 16.4. The maximum atomic E-state index is 13.1. The van der Waals surface area contributed by atoms with Crippen LogP contribution in [-0.4, -0.2) is 32.0 Å². The molecule has 2 aliphatic rings. The van der Waals surface area contributed by atoms with Crippen molar-refractivity contribution in [1.29, 1.82) is 0 Å². The Morgan fingerprint density at radius 3 is 2.71 bits per heavy atom. The zero-order chi connectivity index (χ0) is 21.4. The van der Waals surface area contributed by atoms with E-state index in [0.717, 1.165) is 17.5 Å². The Labute approximate surface area is 181 Å². The maximum Gasteiger partial charge on any atom is 0.251 e. The lowest BCUT2D eigenvalue weighted by Gasteiger charge is -2.30. The van der Waals surface area contributed by atoms with Crippen LogP contribution in [0, 0.1) is 6.92 Å². The molecule has 158 valence electrons. The molecular weight excluding hydrogens is 390 g/mol. The van der Waals surface area contributed by atoms with E-state index in [1.165, 1.54) is 11.1 Å².